The van der Waals surface area contributed by atoms with Crippen LogP contribution in [0.25, 0.3) is 0 Å². The van der Waals surface area contributed by atoms with Gasteiger partial charge in [0.15, 0.2) is 11.5 Å². The summed E-state index contributed by atoms with van der Waals surface area (Å²) in [6.07, 6.45) is 0. The fourth-order valence-corrected chi connectivity index (χ4v) is 2.78. The maximum atomic E-state index is 5.43. The number of nitrogens with one attached hydrogen (secondary N) is 1. The van der Waals surface area contributed by atoms with Gasteiger partial charge in [-0.2, -0.15) is 0 Å². The van der Waals surface area contributed by atoms with Crippen molar-refractivity contribution >= 4 is 21.6 Å². The molecule has 0 saturated heterocycles. The standard InChI is InChI=1S/C16H16BrNO2/c1-10-3-4-13(5-11(10)2)18-8-12-6-14(17)16-15(7-12)19-9-20-16/h3-7,18H,8-9H2,1-2H3. The van der Waals surface area contributed by atoms with Crippen molar-refractivity contribution in [3.8, 4) is 11.5 Å². The van der Waals surface area contributed by atoms with Crippen molar-refractivity contribution in [1.29, 1.82) is 0 Å². The van der Waals surface area contributed by atoms with E-state index in [1.165, 1.54) is 11.1 Å². The molecule has 1 N–H and O–H groups in total. The first-order chi connectivity index (χ1) is 9.63. The smallest absolute Gasteiger partial charge is 0.231 e. The highest BCUT2D eigenvalue weighted by molar-refractivity contribution is 9.10. The molecule has 0 fully saturated rings. The minimum atomic E-state index is 0.294. The van der Waals surface area contributed by atoms with Crippen molar-refractivity contribution in [3.63, 3.8) is 0 Å². The zero-order valence-electron chi connectivity index (χ0n) is 11.5. The fourth-order valence-electron chi connectivity index (χ4n) is 2.18. The highest BCUT2D eigenvalue weighted by Crippen LogP contribution is 2.40. The summed E-state index contributed by atoms with van der Waals surface area (Å²) in [7, 11) is 0. The minimum Gasteiger partial charge on any atom is -0.454 e. The molecule has 0 saturated carbocycles. The number of hydrogen-bond acceptors (Lipinski definition) is 3. The van der Waals surface area contributed by atoms with E-state index in [2.05, 4.69) is 59.4 Å². The Morgan fingerprint density at radius 2 is 1.95 bits per heavy atom. The van der Waals surface area contributed by atoms with E-state index in [0.717, 1.165) is 33.8 Å². The van der Waals surface area contributed by atoms with Gasteiger partial charge in [0.2, 0.25) is 6.79 Å². The molecule has 4 heteroatoms. The molecule has 0 atom stereocenters. The Balaban J connectivity index is 1.75. The Kier molecular flexibility index (Phi) is 3.57. The molecule has 0 amide bonds. The minimum absolute atomic E-state index is 0.294. The molecule has 0 radical (unpaired) electrons. The Morgan fingerprint density at radius 3 is 2.75 bits per heavy atom. The van der Waals surface area contributed by atoms with Crippen LogP contribution >= 0.6 is 15.9 Å². The Bertz CT molecular complexity index is 655. The second kappa shape index (κ2) is 5.37. The van der Waals surface area contributed by atoms with Crippen LogP contribution in [0.3, 0.4) is 0 Å². The first-order valence-electron chi connectivity index (χ1n) is 6.52. The van der Waals surface area contributed by atoms with Crippen LogP contribution in [0.5, 0.6) is 11.5 Å². The lowest BCUT2D eigenvalue weighted by Crippen LogP contribution is -2.00. The summed E-state index contributed by atoms with van der Waals surface area (Å²) in [5.74, 6) is 1.59. The second-order valence-electron chi connectivity index (χ2n) is 4.96. The molecule has 0 spiro atoms. The van der Waals surface area contributed by atoms with Gasteiger partial charge >= 0.3 is 0 Å². The molecular formula is C16H16BrNO2. The van der Waals surface area contributed by atoms with Crippen molar-refractivity contribution in [2.24, 2.45) is 0 Å². The predicted molar refractivity (Wildman–Crippen MR) is 83.5 cm³/mol. The van der Waals surface area contributed by atoms with Crippen molar-refractivity contribution in [1.82, 2.24) is 0 Å². The lowest BCUT2D eigenvalue weighted by molar-refractivity contribution is 0.173. The highest BCUT2D eigenvalue weighted by Gasteiger charge is 2.17. The molecule has 2 aromatic carbocycles. The second-order valence-corrected chi connectivity index (χ2v) is 5.82. The van der Waals surface area contributed by atoms with E-state index in [1.54, 1.807) is 0 Å². The number of aryl methyl sites for hydroxylation is 2. The van der Waals surface area contributed by atoms with Gasteiger partial charge in [-0.1, -0.05) is 6.07 Å². The number of anilines is 1. The molecular weight excluding hydrogens is 318 g/mol. The first-order valence-corrected chi connectivity index (χ1v) is 7.32. The summed E-state index contributed by atoms with van der Waals surface area (Å²) in [6.45, 7) is 5.28. The Morgan fingerprint density at radius 1 is 1.10 bits per heavy atom. The van der Waals surface area contributed by atoms with Crippen LogP contribution < -0.4 is 14.8 Å². The number of fused-ring (bicyclic) bond motifs is 1. The van der Waals surface area contributed by atoms with Gasteiger partial charge in [-0.25, -0.2) is 0 Å². The molecule has 0 aliphatic carbocycles. The van der Waals surface area contributed by atoms with Crippen molar-refractivity contribution in [2.75, 3.05) is 12.1 Å². The molecule has 1 heterocycles. The third-order valence-corrected chi connectivity index (χ3v) is 4.08. The average Bonchev–Trinajstić information content (AvgIpc) is 2.89. The monoisotopic (exact) mass is 333 g/mol. The summed E-state index contributed by atoms with van der Waals surface area (Å²) >= 11 is 3.51. The van der Waals surface area contributed by atoms with Gasteiger partial charge in [-0.3, -0.25) is 0 Å². The molecule has 3 rings (SSSR count). The zero-order valence-corrected chi connectivity index (χ0v) is 13.1. The van der Waals surface area contributed by atoms with Gasteiger partial charge in [0.1, 0.15) is 0 Å². The lowest BCUT2D eigenvalue weighted by atomic mass is 10.1. The molecule has 1 aliphatic heterocycles. The van der Waals surface area contributed by atoms with Crippen LogP contribution in [-0.2, 0) is 6.54 Å². The largest absolute Gasteiger partial charge is 0.454 e. The first kappa shape index (κ1) is 13.3. The summed E-state index contributed by atoms with van der Waals surface area (Å²) < 4.78 is 11.7. The number of ether oxygens (including phenoxy) is 2. The molecule has 0 bridgehead atoms. The average molecular weight is 334 g/mol. The number of benzene rings is 2. The molecule has 20 heavy (non-hydrogen) atoms. The van der Waals surface area contributed by atoms with Crippen LogP contribution in [0.15, 0.2) is 34.8 Å². The normalized spacial score (nSPS) is 12.6. The van der Waals surface area contributed by atoms with E-state index in [1.807, 2.05) is 6.07 Å². The Labute approximate surface area is 127 Å². The van der Waals surface area contributed by atoms with Crippen molar-refractivity contribution < 1.29 is 9.47 Å². The lowest BCUT2D eigenvalue weighted by Gasteiger charge is -2.10. The van der Waals surface area contributed by atoms with Gasteiger partial charge in [-0.15, -0.1) is 0 Å². The van der Waals surface area contributed by atoms with E-state index >= 15 is 0 Å². The molecule has 0 aromatic heterocycles. The van der Waals surface area contributed by atoms with Crippen molar-refractivity contribution in [2.45, 2.75) is 20.4 Å². The SMILES string of the molecule is Cc1ccc(NCc2cc(Br)c3c(c2)OCO3)cc1C. The van der Waals surface area contributed by atoms with E-state index in [0.29, 0.717) is 6.79 Å². The summed E-state index contributed by atoms with van der Waals surface area (Å²) in [4.78, 5) is 0. The predicted octanol–water partition coefficient (Wildman–Crippen LogP) is 4.41. The van der Waals surface area contributed by atoms with E-state index in [-0.39, 0.29) is 0 Å². The fraction of sp³-hybridized carbons (Fsp3) is 0.250. The van der Waals surface area contributed by atoms with E-state index in [9.17, 15) is 0 Å². The van der Waals surface area contributed by atoms with Gasteiger partial charge < -0.3 is 14.8 Å². The number of hydrogen-bond donors (Lipinski definition) is 1. The van der Waals surface area contributed by atoms with E-state index < -0.39 is 0 Å². The van der Waals surface area contributed by atoms with Crippen LogP contribution in [0.4, 0.5) is 5.69 Å². The molecule has 104 valence electrons. The molecule has 3 nitrogen and oxygen atoms in total. The number of halogens is 1. The van der Waals surface area contributed by atoms with Crippen LogP contribution in [0, 0.1) is 13.8 Å². The topological polar surface area (TPSA) is 30.5 Å². The maximum Gasteiger partial charge on any atom is 0.231 e. The molecule has 2 aromatic rings. The summed E-state index contributed by atoms with van der Waals surface area (Å²) in [5.41, 5.74) is 4.88. The summed E-state index contributed by atoms with van der Waals surface area (Å²) in [5, 5.41) is 3.43. The van der Waals surface area contributed by atoms with Crippen molar-refractivity contribution in [3.05, 3.63) is 51.5 Å². The van der Waals surface area contributed by atoms with E-state index in [4.69, 9.17) is 9.47 Å². The quantitative estimate of drug-likeness (QED) is 0.902. The zero-order chi connectivity index (χ0) is 14.1. The third-order valence-electron chi connectivity index (χ3n) is 3.49. The Hall–Kier alpha value is -1.68. The highest BCUT2D eigenvalue weighted by atomic mass is 79.9. The van der Waals surface area contributed by atoms with Crippen LogP contribution in [-0.4, -0.2) is 6.79 Å². The van der Waals surface area contributed by atoms with Crippen LogP contribution in [0.2, 0.25) is 0 Å². The van der Waals surface area contributed by atoms with Crippen LogP contribution in [0.1, 0.15) is 16.7 Å². The van der Waals surface area contributed by atoms with Gasteiger partial charge in [0.05, 0.1) is 4.47 Å². The van der Waals surface area contributed by atoms with Gasteiger partial charge in [-0.05, 0) is 70.7 Å². The number of rotatable bonds is 3. The molecule has 0 unspecified atom stereocenters. The molecule has 1 aliphatic rings. The third kappa shape index (κ3) is 2.61. The summed E-state index contributed by atoms with van der Waals surface area (Å²) in [6, 6.07) is 10.5. The van der Waals surface area contributed by atoms with Gasteiger partial charge in [0, 0.05) is 12.2 Å². The van der Waals surface area contributed by atoms with Gasteiger partial charge in [0.25, 0.3) is 0 Å². The maximum absolute atomic E-state index is 5.43.